The number of esters is 1. The molecule has 0 aliphatic heterocycles. The second kappa shape index (κ2) is 7.22. The summed E-state index contributed by atoms with van der Waals surface area (Å²) in [5, 5.41) is 2.84. The number of hydrogen-bond acceptors (Lipinski definition) is 3. The van der Waals surface area contributed by atoms with E-state index < -0.39 is 0 Å². The lowest BCUT2D eigenvalue weighted by molar-refractivity contribution is 0.0526. The molecule has 1 N–H and O–H groups in total. The maximum Gasteiger partial charge on any atom is 0.338 e. The fraction of sp³-hybridized carbons (Fsp3) is 0.176. The van der Waals surface area contributed by atoms with Gasteiger partial charge in [0, 0.05) is 15.7 Å². The third kappa shape index (κ3) is 3.95. The fourth-order valence-electron chi connectivity index (χ4n) is 1.94. The van der Waals surface area contributed by atoms with Crippen molar-refractivity contribution >= 4 is 33.5 Å². The van der Waals surface area contributed by atoms with Gasteiger partial charge in [-0.3, -0.25) is 4.79 Å². The number of benzene rings is 2. The Labute approximate surface area is 137 Å². The predicted octanol–water partition coefficient (Wildman–Crippen LogP) is 4.19. The van der Waals surface area contributed by atoms with Crippen LogP contribution in [-0.4, -0.2) is 18.5 Å². The molecule has 2 aromatic rings. The molecule has 4 nitrogen and oxygen atoms in total. The Morgan fingerprint density at radius 2 is 1.73 bits per heavy atom. The number of hydrogen-bond donors (Lipinski definition) is 1. The zero-order chi connectivity index (χ0) is 16.1. The van der Waals surface area contributed by atoms with Crippen LogP contribution in [0.25, 0.3) is 0 Å². The fourth-order valence-corrected chi connectivity index (χ4v) is 2.21. The monoisotopic (exact) mass is 361 g/mol. The van der Waals surface area contributed by atoms with Gasteiger partial charge in [0.05, 0.1) is 12.2 Å². The van der Waals surface area contributed by atoms with Crippen LogP contribution in [0.15, 0.2) is 46.9 Å². The van der Waals surface area contributed by atoms with Crippen LogP contribution in [0.2, 0.25) is 0 Å². The second-order valence-corrected chi connectivity index (χ2v) is 5.63. The minimum Gasteiger partial charge on any atom is -0.462 e. The first-order chi connectivity index (χ1) is 10.5. The highest BCUT2D eigenvalue weighted by Crippen LogP contribution is 2.19. The Bertz CT molecular complexity index is 696. The van der Waals surface area contributed by atoms with Crippen LogP contribution in [0, 0.1) is 6.92 Å². The Morgan fingerprint density at radius 3 is 2.32 bits per heavy atom. The predicted molar refractivity (Wildman–Crippen MR) is 89.2 cm³/mol. The van der Waals surface area contributed by atoms with Crippen molar-refractivity contribution in [2.45, 2.75) is 13.8 Å². The zero-order valence-electron chi connectivity index (χ0n) is 12.4. The summed E-state index contributed by atoms with van der Waals surface area (Å²) in [6.07, 6.45) is 0. The normalized spacial score (nSPS) is 10.1. The first-order valence-electron chi connectivity index (χ1n) is 6.86. The average Bonchev–Trinajstić information content (AvgIpc) is 2.50. The van der Waals surface area contributed by atoms with Gasteiger partial charge in [0.25, 0.3) is 5.91 Å². The lowest BCUT2D eigenvalue weighted by Gasteiger charge is -2.10. The van der Waals surface area contributed by atoms with Gasteiger partial charge in [-0.15, -0.1) is 0 Å². The molecule has 2 rings (SSSR count). The molecule has 0 heterocycles. The van der Waals surface area contributed by atoms with Gasteiger partial charge in [0.2, 0.25) is 0 Å². The van der Waals surface area contributed by atoms with E-state index in [0.29, 0.717) is 23.4 Å². The number of anilines is 1. The lowest BCUT2D eigenvalue weighted by Crippen LogP contribution is -2.13. The van der Waals surface area contributed by atoms with Crippen LogP contribution in [-0.2, 0) is 4.74 Å². The smallest absolute Gasteiger partial charge is 0.338 e. The molecule has 114 valence electrons. The SMILES string of the molecule is CCOC(=O)c1ccc(NC(=O)c2ccc(Br)cc2)c(C)c1. The largest absolute Gasteiger partial charge is 0.462 e. The number of ether oxygens (including phenoxy) is 1. The van der Waals surface area contributed by atoms with E-state index in [9.17, 15) is 9.59 Å². The van der Waals surface area contributed by atoms with Crippen molar-refractivity contribution in [1.82, 2.24) is 0 Å². The van der Waals surface area contributed by atoms with Gasteiger partial charge in [-0.1, -0.05) is 15.9 Å². The number of carbonyl (C=O) groups excluding carboxylic acids is 2. The zero-order valence-corrected chi connectivity index (χ0v) is 13.9. The summed E-state index contributed by atoms with van der Waals surface area (Å²) in [7, 11) is 0. The van der Waals surface area contributed by atoms with Crippen LogP contribution in [0.4, 0.5) is 5.69 Å². The van der Waals surface area contributed by atoms with Gasteiger partial charge in [0.15, 0.2) is 0 Å². The minimum absolute atomic E-state index is 0.195. The van der Waals surface area contributed by atoms with E-state index in [1.54, 1.807) is 37.3 Å². The Kier molecular flexibility index (Phi) is 5.33. The molecule has 2 aromatic carbocycles. The number of nitrogens with one attached hydrogen (secondary N) is 1. The van der Waals surface area contributed by atoms with Crippen molar-refractivity contribution in [3.63, 3.8) is 0 Å². The molecule has 0 aliphatic rings. The molecule has 0 atom stereocenters. The third-order valence-electron chi connectivity index (χ3n) is 3.09. The van der Waals surface area contributed by atoms with E-state index in [1.165, 1.54) is 0 Å². The number of amides is 1. The van der Waals surface area contributed by atoms with Gasteiger partial charge >= 0.3 is 5.97 Å². The van der Waals surface area contributed by atoms with E-state index in [4.69, 9.17) is 4.74 Å². The molecule has 0 saturated carbocycles. The van der Waals surface area contributed by atoms with Gasteiger partial charge in [-0.25, -0.2) is 4.79 Å². The molecule has 0 saturated heterocycles. The van der Waals surface area contributed by atoms with Gasteiger partial charge in [-0.05, 0) is 61.9 Å². The van der Waals surface area contributed by atoms with Crippen LogP contribution >= 0.6 is 15.9 Å². The summed E-state index contributed by atoms with van der Waals surface area (Å²) in [5.74, 6) is -0.559. The number of halogens is 1. The van der Waals surface area contributed by atoms with E-state index in [1.807, 2.05) is 19.1 Å². The van der Waals surface area contributed by atoms with Crippen molar-refractivity contribution in [1.29, 1.82) is 0 Å². The Hall–Kier alpha value is -2.14. The summed E-state index contributed by atoms with van der Waals surface area (Å²) in [5.41, 5.74) is 2.51. The van der Waals surface area contributed by atoms with E-state index >= 15 is 0 Å². The average molecular weight is 362 g/mol. The second-order valence-electron chi connectivity index (χ2n) is 4.71. The van der Waals surface area contributed by atoms with Crippen LogP contribution in [0.3, 0.4) is 0 Å². The van der Waals surface area contributed by atoms with Crippen molar-refractivity contribution < 1.29 is 14.3 Å². The molecule has 0 bridgehead atoms. The quantitative estimate of drug-likeness (QED) is 0.830. The van der Waals surface area contributed by atoms with Gasteiger partial charge in [-0.2, -0.15) is 0 Å². The highest BCUT2D eigenvalue weighted by molar-refractivity contribution is 9.10. The van der Waals surface area contributed by atoms with E-state index in [2.05, 4.69) is 21.2 Å². The highest BCUT2D eigenvalue weighted by atomic mass is 79.9. The van der Waals surface area contributed by atoms with E-state index in [0.717, 1.165) is 10.0 Å². The first-order valence-corrected chi connectivity index (χ1v) is 7.65. The molecule has 22 heavy (non-hydrogen) atoms. The Balaban J connectivity index is 2.14. The van der Waals surface area contributed by atoms with Crippen molar-refractivity contribution in [3.05, 3.63) is 63.6 Å². The number of carbonyl (C=O) groups is 2. The molecule has 0 aromatic heterocycles. The summed E-state index contributed by atoms with van der Waals surface area (Å²) >= 11 is 3.33. The maximum atomic E-state index is 12.2. The molecule has 5 heteroatoms. The Morgan fingerprint density at radius 1 is 1.09 bits per heavy atom. The summed E-state index contributed by atoms with van der Waals surface area (Å²) in [4.78, 5) is 23.9. The summed E-state index contributed by atoms with van der Waals surface area (Å²) in [6.45, 7) is 3.93. The third-order valence-corrected chi connectivity index (χ3v) is 3.62. The molecule has 0 aliphatic carbocycles. The maximum absolute atomic E-state index is 12.2. The molecule has 0 radical (unpaired) electrons. The van der Waals surface area contributed by atoms with Crippen molar-refractivity contribution in [2.24, 2.45) is 0 Å². The molecule has 0 unspecified atom stereocenters. The van der Waals surface area contributed by atoms with Gasteiger partial charge < -0.3 is 10.1 Å². The number of aryl methyl sites for hydroxylation is 1. The summed E-state index contributed by atoms with van der Waals surface area (Å²) in [6, 6.07) is 12.1. The molecule has 1 amide bonds. The van der Waals surface area contributed by atoms with Crippen LogP contribution in [0.5, 0.6) is 0 Å². The van der Waals surface area contributed by atoms with Crippen LogP contribution < -0.4 is 5.32 Å². The molecular weight excluding hydrogens is 346 g/mol. The molecule has 0 spiro atoms. The first kappa shape index (κ1) is 16.2. The lowest BCUT2D eigenvalue weighted by atomic mass is 10.1. The van der Waals surface area contributed by atoms with Crippen LogP contribution in [0.1, 0.15) is 33.2 Å². The molecule has 0 fully saturated rings. The summed E-state index contributed by atoms with van der Waals surface area (Å²) < 4.78 is 5.87. The van der Waals surface area contributed by atoms with Gasteiger partial charge in [0.1, 0.15) is 0 Å². The number of rotatable bonds is 4. The standard InChI is InChI=1S/C17H16BrNO3/c1-3-22-17(21)13-6-9-15(11(2)10-13)19-16(20)12-4-7-14(18)8-5-12/h4-10H,3H2,1-2H3,(H,19,20). The highest BCUT2D eigenvalue weighted by Gasteiger charge is 2.11. The van der Waals surface area contributed by atoms with E-state index in [-0.39, 0.29) is 11.9 Å². The topological polar surface area (TPSA) is 55.4 Å². The van der Waals surface area contributed by atoms with Crippen molar-refractivity contribution in [2.75, 3.05) is 11.9 Å². The minimum atomic E-state index is -0.364. The van der Waals surface area contributed by atoms with Crippen molar-refractivity contribution in [3.8, 4) is 0 Å². The molecular formula is C17H16BrNO3.